The van der Waals surface area contributed by atoms with Gasteiger partial charge in [-0.25, -0.2) is 4.98 Å². The van der Waals surface area contributed by atoms with E-state index in [1.165, 1.54) is 11.8 Å². The van der Waals surface area contributed by atoms with Gasteiger partial charge in [0, 0.05) is 45.5 Å². The molecule has 0 spiro atoms. The number of anilines is 1. The molecule has 7 rings (SSSR count). The first-order valence-electron chi connectivity index (χ1n) is 15.1. The number of amides is 1. The highest BCUT2D eigenvalue weighted by Gasteiger charge is 2.33. The maximum absolute atomic E-state index is 14.0. The average Bonchev–Trinajstić information content (AvgIpc) is 3.65. The van der Waals surface area contributed by atoms with Crippen molar-refractivity contribution in [1.82, 2.24) is 19.2 Å². The molecule has 0 radical (unpaired) electrons. The number of aromatic nitrogens is 2. The third-order valence-corrected chi connectivity index (χ3v) is 9.89. The molecular weight excluding hydrogens is 623 g/mol. The van der Waals surface area contributed by atoms with E-state index in [9.17, 15) is 9.59 Å². The summed E-state index contributed by atoms with van der Waals surface area (Å²) in [6.45, 7) is 6.37. The molecule has 0 N–H and O–H groups in total. The molecule has 0 aliphatic carbocycles. The minimum absolute atomic E-state index is 0.197. The van der Waals surface area contributed by atoms with Gasteiger partial charge in [-0.1, -0.05) is 48.2 Å². The summed E-state index contributed by atoms with van der Waals surface area (Å²) in [7, 11) is 1.63. The maximum Gasteiger partial charge on any atom is 0.267 e. The number of rotatable bonds is 8. The van der Waals surface area contributed by atoms with E-state index in [-0.39, 0.29) is 18.3 Å². The Bertz CT molecular complexity index is 1920. The number of carbonyl (C=O) groups is 1. The fraction of sp³-hybridized carbons (Fsp3) is 0.294. The second kappa shape index (κ2) is 12.8. The van der Waals surface area contributed by atoms with Crippen LogP contribution in [0.3, 0.4) is 0 Å². The Labute approximate surface area is 276 Å². The van der Waals surface area contributed by atoms with E-state index >= 15 is 0 Å². The Morgan fingerprint density at radius 3 is 2.54 bits per heavy atom. The highest BCUT2D eigenvalue weighted by molar-refractivity contribution is 8.26. The molecule has 4 aromatic rings. The van der Waals surface area contributed by atoms with Gasteiger partial charge >= 0.3 is 0 Å². The highest BCUT2D eigenvalue weighted by Crippen LogP contribution is 2.35. The second-order valence-corrected chi connectivity index (χ2v) is 13.1. The molecule has 10 nitrogen and oxygen atoms in total. The fourth-order valence-corrected chi connectivity index (χ4v) is 7.23. The van der Waals surface area contributed by atoms with Crippen LogP contribution in [0.2, 0.25) is 0 Å². The zero-order valence-electron chi connectivity index (χ0n) is 25.6. The van der Waals surface area contributed by atoms with Crippen molar-refractivity contribution in [1.29, 1.82) is 0 Å². The molecule has 2 aromatic carbocycles. The summed E-state index contributed by atoms with van der Waals surface area (Å²) in [5.41, 5.74) is 3.92. The minimum Gasteiger partial charge on any atom is -0.497 e. The number of piperazine rings is 1. The number of fused-ring (bicyclic) bond motifs is 2. The van der Waals surface area contributed by atoms with Crippen LogP contribution in [0.15, 0.2) is 70.5 Å². The topological polar surface area (TPSA) is 88.8 Å². The molecule has 2 fully saturated rings. The molecule has 1 amide bonds. The number of thiocarbonyl (C=S) groups is 1. The van der Waals surface area contributed by atoms with Crippen molar-refractivity contribution in [2.24, 2.45) is 0 Å². The summed E-state index contributed by atoms with van der Waals surface area (Å²) >= 11 is 6.85. The van der Waals surface area contributed by atoms with Gasteiger partial charge in [-0.3, -0.25) is 23.8 Å². The molecule has 12 heteroatoms. The summed E-state index contributed by atoms with van der Waals surface area (Å²) in [5.74, 6) is 2.73. The van der Waals surface area contributed by atoms with Crippen LogP contribution in [0.4, 0.5) is 5.82 Å². The van der Waals surface area contributed by atoms with Crippen LogP contribution in [0, 0.1) is 6.92 Å². The molecule has 0 atom stereocenters. The van der Waals surface area contributed by atoms with Crippen molar-refractivity contribution >= 4 is 51.7 Å². The first kappa shape index (κ1) is 30.3. The summed E-state index contributed by atoms with van der Waals surface area (Å²) in [6.07, 6.45) is 4.05. The van der Waals surface area contributed by atoms with Gasteiger partial charge in [0.2, 0.25) is 6.79 Å². The minimum atomic E-state index is -0.213. The first-order chi connectivity index (χ1) is 22.4. The number of nitrogens with zero attached hydrogens (tertiary/aromatic N) is 5. The molecule has 46 heavy (non-hydrogen) atoms. The Hall–Kier alpha value is -4.39. The van der Waals surface area contributed by atoms with Gasteiger partial charge in [0.1, 0.15) is 21.5 Å². The van der Waals surface area contributed by atoms with Crippen LogP contribution in [0.1, 0.15) is 22.3 Å². The van der Waals surface area contributed by atoms with Crippen LogP contribution < -0.4 is 24.7 Å². The van der Waals surface area contributed by atoms with E-state index in [1.54, 1.807) is 28.7 Å². The quantitative estimate of drug-likeness (QED) is 0.200. The first-order valence-corrected chi connectivity index (χ1v) is 16.4. The van der Waals surface area contributed by atoms with Crippen LogP contribution in [0.5, 0.6) is 17.2 Å². The molecule has 2 aromatic heterocycles. The zero-order chi connectivity index (χ0) is 31.8. The standard InChI is InChI=1S/C34H33N5O5S2/c1-22-4-3-12-38-30(22)35-31(37-16-14-36(15-17-37)20-24-7-10-27-28(18-24)44-21-43-27)26(32(38)40)19-29-33(41)39(34(45)46-29)13-11-23-5-8-25(42-2)9-6-23/h3-10,12,18-19H,11,13-17,20-21H2,1-2H3/b29-19+. The Balaban J connectivity index is 1.13. The van der Waals surface area contributed by atoms with Gasteiger partial charge in [0.05, 0.1) is 17.6 Å². The predicted molar refractivity (Wildman–Crippen MR) is 183 cm³/mol. The van der Waals surface area contributed by atoms with Gasteiger partial charge in [-0.2, -0.15) is 0 Å². The van der Waals surface area contributed by atoms with Gasteiger partial charge in [0.15, 0.2) is 11.5 Å². The molecule has 0 bridgehead atoms. The third-order valence-electron chi connectivity index (χ3n) is 8.51. The van der Waals surface area contributed by atoms with Crippen molar-refractivity contribution < 1.29 is 19.0 Å². The van der Waals surface area contributed by atoms with Crippen molar-refractivity contribution in [3.8, 4) is 17.2 Å². The van der Waals surface area contributed by atoms with E-state index in [1.807, 2.05) is 55.5 Å². The molecule has 0 unspecified atom stereocenters. The largest absolute Gasteiger partial charge is 0.497 e. The van der Waals surface area contributed by atoms with Gasteiger partial charge < -0.3 is 19.1 Å². The van der Waals surface area contributed by atoms with E-state index in [4.69, 9.17) is 31.4 Å². The van der Waals surface area contributed by atoms with Gasteiger partial charge in [-0.05, 0) is 66.4 Å². The molecular formula is C34H33N5O5S2. The number of ether oxygens (including phenoxy) is 3. The van der Waals surface area contributed by atoms with Crippen molar-refractivity contribution in [2.75, 3.05) is 51.5 Å². The lowest BCUT2D eigenvalue weighted by Crippen LogP contribution is -2.47. The molecule has 0 saturated carbocycles. The van der Waals surface area contributed by atoms with Gasteiger partial charge in [0.25, 0.3) is 11.5 Å². The normalized spacial score (nSPS) is 17.5. The molecule has 3 aliphatic rings. The number of aryl methyl sites for hydroxylation is 1. The number of benzene rings is 2. The number of methoxy groups -OCH3 is 1. The third kappa shape index (κ3) is 5.95. The number of pyridine rings is 1. The fourth-order valence-electron chi connectivity index (χ4n) is 5.94. The second-order valence-electron chi connectivity index (χ2n) is 11.4. The summed E-state index contributed by atoms with van der Waals surface area (Å²) in [5, 5.41) is 0. The van der Waals surface area contributed by atoms with Crippen molar-refractivity contribution in [3.05, 3.63) is 98.3 Å². The Kier molecular flexibility index (Phi) is 8.41. The monoisotopic (exact) mass is 655 g/mol. The van der Waals surface area contributed by atoms with E-state index in [0.717, 1.165) is 53.6 Å². The lowest BCUT2D eigenvalue weighted by Gasteiger charge is -2.36. The Morgan fingerprint density at radius 1 is 1.00 bits per heavy atom. The van der Waals surface area contributed by atoms with Crippen LogP contribution in [-0.2, 0) is 17.8 Å². The molecule has 236 valence electrons. The zero-order valence-corrected chi connectivity index (χ0v) is 27.2. The molecule has 2 saturated heterocycles. The van der Waals surface area contributed by atoms with E-state index < -0.39 is 0 Å². The van der Waals surface area contributed by atoms with Gasteiger partial charge in [-0.15, -0.1) is 0 Å². The Morgan fingerprint density at radius 2 is 1.76 bits per heavy atom. The smallest absolute Gasteiger partial charge is 0.267 e. The number of carbonyl (C=O) groups excluding carboxylic acids is 1. The van der Waals surface area contributed by atoms with Crippen molar-refractivity contribution in [2.45, 2.75) is 19.9 Å². The maximum atomic E-state index is 14.0. The van der Waals surface area contributed by atoms with Crippen LogP contribution >= 0.6 is 24.0 Å². The summed E-state index contributed by atoms with van der Waals surface area (Å²) < 4.78 is 18.3. The lowest BCUT2D eigenvalue weighted by molar-refractivity contribution is -0.122. The van der Waals surface area contributed by atoms with Crippen molar-refractivity contribution in [3.63, 3.8) is 0 Å². The number of hydrogen-bond acceptors (Lipinski definition) is 10. The van der Waals surface area contributed by atoms with E-state index in [0.29, 0.717) is 52.3 Å². The number of thioether (sulfide) groups is 1. The van der Waals surface area contributed by atoms with E-state index in [2.05, 4.69) is 15.9 Å². The predicted octanol–water partition coefficient (Wildman–Crippen LogP) is 4.51. The van der Waals surface area contributed by atoms with Crippen LogP contribution in [-0.4, -0.2) is 76.0 Å². The lowest BCUT2D eigenvalue weighted by atomic mass is 10.1. The number of hydrogen-bond donors (Lipinski definition) is 0. The average molecular weight is 656 g/mol. The van der Waals surface area contributed by atoms with Crippen LogP contribution in [0.25, 0.3) is 11.7 Å². The highest BCUT2D eigenvalue weighted by atomic mass is 32.2. The SMILES string of the molecule is COc1ccc(CCN2C(=O)/C(=C\c3c(N4CCN(Cc5ccc6c(c5)OCO6)CC4)nc4c(C)cccn4c3=O)SC2=S)cc1. The molecule has 3 aliphatic heterocycles. The summed E-state index contributed by atoms with van der Waals surface area (Å²) in [4.78, 5) is 39.2. The summed E-state index contributed by atoms with van der Waals surface area (Å²) in [6, 6.07) is 17.6. The molecule has 5 heterocycles.